The van der Waals surface area contributed by atoms with Gasteiger partial charge < -0.3 is 10.5 Å². The minimum Gasteiger partial charge on any atom is -0.383 e. The number of rotatable bonds is 3. The molecule has 0 saturated carbocycles. The molecule has 0 aromatic carbocycles. The van der Waals surface area contributed by atoms with Crippen molar-refractivity contribution >= 4 is 13.6 Å². The number of nitrogen functional groups attached to an aromatic ring is 1. The Labute approximate surface area is 144 Å². The predicted molar refractivity (Wildman–Crippen MR) is 85.2 cm³/mol. The highest BCUT2D eigenvalue weighted by Crippen LogP contribution is 2.61. The number of anilines is 1. The molecule has 5 atom stereocenters. The summed E-state index contributed by atoms with van der Waals surface area (Å²) in [4.78, 5) is 15.8. The molecule has 0 aliphatic carbocycles. The summed E-state index contributed by atoms with van der Waals surface area (Å²) in [5.41, 5.74) is 3.52. The zero-order valence-electron chi connectivity index (χ0n) is 14.0. The highest BCUT2D eigenvalue weighted by molar-refractivity contribution is 7.48. The van der Waals surface area contributed by atoms with E-state index in [-0.39, 0.29) is 12.4 Å². The van der Waals surface area contributed by atoms with E-state index in [1.165, 1.54) is 12.3 Å². The quantitative estimate of drug-likeness (QED) is 0.777. The van der Waals surface area contributed by atoms with E-state index in [1.807, 2.05) is 0 Å². The van der Waals surface area contributed by atoms with Crippen LogP contribution in [-0.4, -0.2) is 34.5 Å². The van der Waals surface area contributed by atoms with Crippen molar-refractivity contribution < 1.29 is 22.9 Å². The maximum Gasteiger partial charge on any atom is 0.475 e. The molecule has 2 saturated heterocycles. The maximum atomic E-state index is 12.6. The van der Waals surface area contributed by atoms with Crippen molar-refractivity contribution in [2.45, 2.75) is 45.3 Å². The van der Waals surface area contributed by atoms with Crippen molar-refractivity contribution in [1.29, 1.82) is 5.26 Å². The smallest absolute Gasteiger partial charge is 0.383 e. The molecular weight excluding hydrogens is 351 g/mol. The number of hydrogen-bond acceptors (Lipinski definition) is 9. The molecule has 2 fully saturated rings. The van der Waals surface area contributed by atoms with Crippen molar-refractivity contribution in [2.75, 3.05) is 12.3 Å². The molecule has 2 aliphatic rings. The summed E-state index contributed by atoms with van der Waals surface area (Å²) in [5, 5.41) is 9.75. The van der Waals surface area contributed by atoms with Crippen molar-refractivity contribution in [1.82, 2.24) is 9.55 Å². The molecule has 3 rings (SSSR count). The van der Waals surface area contributed by atoms with Gasteiger partial charge in [0.05, 0.1) is 18.8 Å². The first-order valence-corrected chi connectivity index (χ1v) is 9.17. The van der Waals surface area contributed by atoms with E-state index >= 15 is 0 Å². The fraction of sp³-hybridized carbons (Fsp3) is 0.643. The van der Waals surface area contributed by atoms with Crippen LogP contribution < -0.4 is 11.4 Å². The third-order valence-electron chi connectivity index (χ3n) is 4.07. The lowest BCUT2D eigenvalue weighted by Crippen LogP contribution is -2.43. The van der Waals surface area contributed by atoms with Gasteiger partial charge in [0.25, 0.3) is 0 Å². The van der Waals surface area contributed by atoms with Crippen LogP contribution in [0.1, 0.15) is 27.0 Å². The molecule has 2 N–H and O–H groups in total. The summed E-state index contributed by atoms with van der Waals surface area (Å²) in [7, 11) is -3.82. The number of nitrogens with two attached hydrogens (primary N) is 1. The van der Waals surface area contributed by atoms with E-state index in [2.05, 4.69) is 11.1 Å². The summed E-state index contributed by atoms with van der Waals surface area (Å²) in [6.07, 6.45) is -1.57. The van der Waals surface area contributed by atoms with Crippen LogP contribution in [0.4, 0.5) is 5.82 Å². The molecule has 1 aromatic heterocycles. The lowest BCUT2D eigenvalue weighted by molar-refractivity contribution is -0.0748. The van der Waals surface area contributed by atoms with Gasteiger partial charge in [0.2, 0.25) is 0 Å². The van der Waals surface area contributed by atoms with E-state index in [4.69, 9.17) is 24.0 Å². The van der Waals surface area contributed by atoms with Crippen molar-refractivity contribution in [3.8, 4) is 6.07 Å². The van der Waals surface area contributed by atoms with Crippen molar-refractivity contribution in [3.63, 3.8) is 0 Å². The second-order valence-corrected chi connectivity index (χ2v) is 7.96. The molecule has 11 heteroatoms. The molecule has 2 aliphatic heterocycles. The third-order valence-corrected chi connectivity index (χ3v) is 5.70. The number of aromatic nitrogens is 2. The van der Waals surface area contributed by atoms with Gasteiger partial charge in [-0.1, -0.05) is 0 Å². The molecular formula is C14H19N4O6P. The number of phosphoric acid groups is 1. The van der Waals surface area contributed by atoms with Gasteiger partial charge in [0, 0.05) is 6.20 Å². The zero-order valence-corrected chi connectivity index (χ0v) is 14.9. The molecule has 3 heterocycles. The molecule has 1 aromatic rings. The zero-order chi connectivity index (χ0) is 18.4. The molecule has 0 amide bonds. The van der Waals surface area contributed by atoms with Crippen LogP contribution in [0, 0.1) is 16.7 Å². The maximum absolute atomic E-state index is 12.6. The van der Waals surface area contributed by atoms with Gasteiger partial charge in [0.1, 0.15) is 23.4 Å². The highest BCUT2D eigenvalue weighted by Gasteiger charge is 2.61. The predicted octanol–water partition coefficient (Wildman–Crippen LogP) is 1.20. The number of phosphoric ester groups is 1. The average Bonchev–Trinajstić information content (AvgIpc) is 2.79. The van der Waals surface area contributed by atoms with E-state index in [0.717, 1.165) is 4.57 Å². The minimum absolute atomic E-state index is 0.0599. The summed E-state index contributed by atoms with van der Waals surface area (Å²) in [6.45, 7) is 4.86. The Balaban J connectivity index is 1.97. The fourth-order valence-electron chi connectivity index (χ4n) is 2.93. The highest BCUT2D eigenvalue weighted by atomic mass is 31.2. The standard InChI is InChI=1S/C14H19N4O6P/c1-8(2)23-25(20)21-6-9-11(24-25)14(3,7-15)12(22-9)18-5-4-10(16)17-13(18)19/h4-5,8-9,11-12H,6H2,1-3H3,(H2,16,17,19)/t9-,11-,12+,14-,25?/m1/s1. The van der Waals surface area contributed by atoms with Gasteiger partial charge in [-0.25, -0.2) is 9.36 Å². The molecule has 0 spiro atoms. The van der Waals surface area contributed by atoms with E-state index < -0.39 is 43.5 Å². The van der Waals surface area contributed by atoms with Gasteiger partial charge in [-0.05, 0) is 26.8 Å². The minimum atomic E-state index is -3.82. The number of fused-ring (bicyclic) bond motifs is 1. The Morgan fingerprint density at radius 3 is 2.92 bits per heavy atom. The summed E-state index contributed by atoms with van der Waals surface area (Å²) in [6, 6.07) is 3.55. The second-order valence-electron chi connectivity index (χ2n) is 6.39. The average molecular weight is 370 g/mol. The van der Waals surface area contributed by atoms with Crippen LogP contribution in [0.15, 0.2) is 17.1 Å². The third kappa shape index (κ3) is 3.10. The van der Waals surface area contributed by atoms with E-state index in [1.54, 1.807) is 20.8 Å². The van der Waals surface area contributed by atoms with Gasteiger partial charge in [0.15, 0.2) is 6.23 Å². The van der Waals surface area contributed by atoms with Crippen LogP contribution in [0.5, 0.6) is 0 Å². The van der Waals surface area contributed by atoms with Crippen molar-refractivity contribution in [2.24, 2.45) is 5.41 Å². The summed E-state index contributed by atoms with van der Waals surface area (Å²) < 4.78 is 35.6. The first kappa shape index (κ1) is 18.0. The van der Waals surface area contributed by atoms with E-state index in [0.29, 0.717) is 0 Å². The Kier molecular flexibility index (Phi) is 4.47. The molecule has 0 bridgehead atoms. The Morgan fingerprint density at radius 2 is 2.32 bits per heavy atom. The van der Waals surface area contributed by atoms with Crippen LogP contribution in [0.2, 0.25) is 0 Å². The molecule has 25 heavy (non-hydrogen) atoms. The van der Waals surface area contributed by atoms with Crippen LogP contribution in [-0.2, 0) is 22.9 Å². The van der Waals surface area contributed by atoms with Crippen molar-refractivity contribution in [3.05, 3.63) is 22.7 Å². The second kappa shape index (κ2) is 6.20. The topological polar surface area (TPSA) is 139 Å². The van der Waals surface area contributed by atoms with Gasteiger partial charge >= 0.3 is 13.5 Å². The Morgan fingerprint density at radius 1 is 1.60 bits per heavy atom. The van der Waals surface area contributed by atoms with Crippen LogP contribution >= 0.6 is 7.82 Å². The van der Waals surface area contributed by atoms with Crippen LogP contribution in [0.3, 0.4) is 0 Å². The number of nitriles is 1. The largest absolute Gasteiger partial charge is 0.475 e. The Bertz CT molecular complexity index is 820. The lowest BCUT2D eigenvalue weighted by atomic mass is 9.84. The summed E-state index contributed by atoms with van der Waals surface area (Å²) in [5.74, 6) is 0.0599. The molecule has 0 radical (unpaired) electrons. The molecule has 10 nitrogen and oxygen atoms in total. The lowest BCUT2D eigenvalue weighted by Gasteiger charge is -2.34. The summed E-state index contributed by atoms with van der Waals surface area (Å²) >= 11 is 0. The first-order chi connectivity index (χ1) is 11.7. The monoisotopic (exact) mass is 370 g/mol. The van der Waals surface area contributed by atoms with Gasteiger partial charge in [-0.2, -0.15) is 10.2 Å². The van der Waals surface area contributed by atoms with Crippen LogP contribution in [0.25, 0.3) is 0 Å². The normalized spacial score (nSPS) is 37.6. The fourth-order valence-corrected chi connectivity index (χ4v) is 4.58. The molecule has 1 unspecified atom stereocenters. The van der Waals surface area contributed by atoms with Gasteiger partial charge in [-0.15, -0.1) is 0 Å². The number of nitrogens with zero attached hydrogens (tertiary/aromatic N) is 3. The number of ether oxygens (including phenoxy) is 1. The number of hydrogen-bond donors (Lipinski definition) is 1. The van der Waals surface area contributed by atoms with Gasteiger partial charge in [-0.3, -0.25) is 18.1 Å². The first-order valence-electron chi connectivity index (χ1n) is 7.71. The Hall–Kier alpha value is -1.76. The van der Waals surface area contributed by atoms with E-state index in [9.17, 15) is 14.6 Å². The molecule has 136 valence electrons. The SMILES string of the molecule is CC(C)OP1(=O)OC[C@H]2O[C@H](n3ccc(N)nc3=O)[C@](C)(C#N)[C@@H]2O1.